The number of methoxy groups -OCH3 is 1. The summed E-state index contributed by atoms with van der Waals surface area (Å²) >= 11 is 0. The minimum Gasteiger partial charge on any atom is -0.507 e. The minimum atomic E-state index is -0.721. The number of carbonyl (C=O) groups is 2. The second-order valence-electron chi connectivity index (χ2n) is 7.87. The van der Waals surface area contributed by atoms with Crippen LogP contribution in [-0.2, 0) is 14.3 Å². The third-order valence-corrected chi connectivity index (χ3v) is 5.82. The normalized spacial score (nSPS) is 17.6. The van der Waals surface area contributed by atoms with Crippen LogP contribution >= 0.6 is 0 Å². The molecule has 0 aromatic heterocycles. The van der Waals surface area contributed by atoms with Gasteiger partial charge >= 0.3 is 0 Å². The molecule has 1 amide bonds. The Hall–Kier alpha value is -3.64. The molecule has 6 nitrogen and oxygen atoms in total. The second-order valence-corrected chi connectivity index (χ2v) is 7.87. The van der Waals surface area contributed by atoms with E-state index in [-0.39, 0.29) is 11.3 Å². The number of ketones is 1. The van der Waals surface area contributed by atoms with Crippen molar-refractivity contribution in [3.8, 4) is 5.75 Å². The topological polar surface area (TPSA) is 76.1 Å². The number of fused-ring (bicyclic) bond motifs is 1. The zero-order chi connectivity index (χ0) is 23.4. The quantitative estimate of drug-likeness (QED) is 0.235. The van der Waals surface area contributed by atoms with E-state index in [1.54, 1.807) is 13.2 Å². The number of aliphatic hydroxyl groups is 1. The number of hydrogen-bond acceptors (Lipinski definition) is 5. The highest BCUT2D eigenvalue weighted by molar-refractivity contribution is 6.46. The fourth-order valence-electron chi connectivity index (χ4n) is 4.35. The lowest BCUT2D eigenvalue weighted by Crippen LogP contribution is -2.31. The summed E-state index contributed by atoms with van der Waals surface area (Å²) in [7, 11) is 1.59. The van der Waals surface area contributed by atoms with E-state index >= 15 is 0 Å². The van der Waals surface area contributed by atoms with Gasteiger partial charge in [-0.05, 0) is 41.8 Å². The second kappa shape index (κ2) is 9.88. The van der Waals surface area contributed by atoms with Crippen molar-refractivity contribution < 1.29 is 24.2 Å². The van der Waals surface area contributed by atoms with Gasteiger partial charge in [0.2, 0.25) is 0 Å². The van der Waals surface area contributed by atoms with Crippen molar-refractivity contribution >= 4 is 28.2 Å². The summed E-state index contributed by atoms with van der Waals surface area (Å²) in [6.45, 7) is 3.17. The summed E-state index contributed by atoms with van der Waals surface area (Å²) < 4.78 is 10.8. The smallest absolute Gasteiger partial charge is 0.295 e. The number of benzene rings is 3. The Morgan fingerprint density at radius 3 is 2.58 bits per heavy atom. The Kier molecular flexibility index (Phi) is 6.75. The number of aliphatic hydroxyl groups excluding tert-OH is 1. The molecule has 1 aliphatic heterocycles. The maximum Gasteiger partial charge on any atom is 0.295 e. The van der Waals surface area contributed by atoms with Crippen LogP contribution in [-0.4, -0.2) is 48.6 Å². The number of nitrogens with zero attached hydrogens (tertiary/aromatic N) is 1. The van der Waals surface area contributed by atoms with Crippen LogP contribution in [0, 0.1) is 0 Å². The predicted molar refractivity (Wildman–Crippen MR) is 127 cm³/mol. The molecule has 170 valence electrons. The Labute approximate surface area is 193 Å². The van der Waals surface area contributed by atoms with E-state index in [4.69, 9.17) is 9.47 Å². The molecular weight excluding hydrogens is 418 g/mol. The van der Waals surface area contributed by atoms with Crippen molar-refractivity contribution in [3.63, 3.8) is 0 Å². The lowest BCUT2D eigenvalue weighted by atomic mass is 9.93. The first kappa shape index (κ1) is 22.6. The molecule has 1 aliphatic rings. The van der Waals surface area contributed by atoms with Gasteiger partial charge in [0.25, 0.3) is 11.7 Å². The number of hydrogen-bond donors (Lipinski definition) is 1. The van der Waals surface area contributed by atoms with E-state index in [1.165, 1.54) is 4.90 Å². The van der Waals surface area contributed by atoms with Gasteiger partial charge in [0.05, 0.1) is 18.2 Å². The Morgan fingerprint density at radius 2 is 1.79 bits per heavy atom. The van der Waals surface area contributed by atoms with E-state index < -0.39 is 17.7 Å². The van der Waals surface area contributed by atoms with E-state index in [1.807, 2.05) is 67.6 Å². The molecule has 1 unspecified atom stereocenters. The summed E-state index contributed by atoms with van der Waals surface area (Å²) in [5.41, 5.74) is 1.32. The van der Waals surface area contributed by atoms with Gasteiger partial charge in [0.15, 0.2) is 0 Å². The highest BCUT2D eigenvalue weighted by atomic mass is 16.5. The van der Waals surface area contributed by atoms with Gasteiger partial charge in [-0.2, -0.15) is 0 Å². The van der Waals surface area contributed by atoms with E-state index in [9.17, 15) is 14.7 Å². The molecule has 3 aromatic rings. The molecule has 4 rings (SSSR count). The Balaban J connectivity index is 1.89. The highest BCUT2D eigenvalue weighted by Crippen LogP contribution is 2.41. The van der Waals surface area contributed by atoms with Crippen molar-refractivity contribution in [3.05, 3.63) is 83.4 Å². The van der Waals surface area contributed by atoms with E-state index in [0.717, 1.165) is 10.8 Å². The zero-order valence-electron chi connectivity index (χ0n) is 18.8. The molecule has 1 N–H and O–H groups in total. The number of rotatable bonds is 8. The SMILES string of the molecule is CCOc1cccc(C2/C(=C(/O)c3cccc4ccccc34)C(=O)C(=O)N2CCCOC)c1. The number of Topliss-reactive ketones (excluding diaryl/α,β-unsaturated/α-hetero) is 1. The summed E-state index contributed by atoms with van der Waals surface area (Å²) in [4.78, 5) is 27.8. The van der Waals surface area contributed by atoms with Gasteiger partial charge in [-0.25, -0.2) is 0 Å². The lowest BCUT2D eigenvalue weighted by molar-refractivity contribution is -0.140. The van der Waals surface area contributed by atoms with Crippen LogP contribution < -0.4 is 4.74 Å². The molecule has 1 atom stereocenters. The molecule has 3 aromatic carbocycles. The fraction of sp³-hybridized carbons (Fsp3) is 0.259. The largest absolute Gasteiger partial charge is 0.507 e. The van der Waals surface area contributed by atoms with Gasteiger partial charge in [-0.3, -0.25) is 9.59 Å². The van der Waals surface area contributed by atoms with Gasteiger partial charge in [-0.15, -0.1) is 0 Å². The third-order valence-electron chi connectivity index (χ3n) is 5.82. The Morgan fingerprint density at radius 1 is 1.03 bits per heavy atom. The average Bonchev–Trinajstić information content (AvgIpc) is 3.09. The molecule has 6 heteroatoms. The van der Waals surface area contributed by atoms with Crippen LogP contribution in [0.25, 0.3) is 16.5 Å². The van der Waals surface area contributed by atoms with Gasteiger partial charge in [-0.1, -0.05) is 54.6 Å². The predicted octanol–water partition coefficient (Wildman–Crippen LogP) is 4.70. The van der Waals surface area contributed by atoms with Crippen molar-refractivity contribution in [1.82, 2.24) is 4.90 Å². The van der Waals surface area contributed by atoms with Crippen LogP contribution in [0.5, 0.6) is 5.75 Å². The minimum absolute atomic E-state index is 0.0856. The number of carbonyl (C=O) groups excluding carboxylic acids is 2. The zero-order valence-corrected chi connectivity index (χ0v) is 18.8. The van der Waals surface area contributed by atoms with Crippen molar-refractivity contribution in [2.75, 3.05) is 26.9 Å². The van der Waals surface area contributed by atoms with Crippen molar-refractivity contribution in [2.24, 2.45) is 0 Å². The van der Waals surface area contributed by atoms with Gasteiger partial charge in [0, 0.05) is 25.8 Å². The summed E-state index contributed by atoms with van der Waals surface area (Å²) in [6.07, 6.45) is 0.569. The lowest BCUT2D eigenvalue weighted by Gasteiger charge is -2.25. The molecule has 1 fully saturated rings. The summed E-state index contributed by atoms with van der Waals surface area (Å²) in [5, 5.41) is 13.2. The molecule has 0 aliphatic carbocycles. The van der Waals surface area contributed by atoms with Crippen LogP contribution in [0.15, 0.2) is 72.3 Å². The van der Waals surface area contributed by atoms with Gasteiger partial charge < -0.3 is 19.5 Å². The van der Waals surface area contributed by atoms with Gasteiger partial charge in [0.1, 0.15) is 11.5 Å². The fourth-order valence-corrected chi connectivity index (χ4v) is 4.35. The highest BCUT2D eigenvalue weighted by Gasteiger charge is 2.46. The Bertz CT molecular complexity index is 1210. The molecule has 1 heterocycles. The standard InChI is InChI=1S/C27H27NO5/c1-3-33-20-12-6-11-19(17-20)24-23(26(30)27(31)28(24)15-8-16-32-2)25(29)22-14-7-10-18-9-4-5-13-21(18)22/h4-7,9-14,17,24,29H,3,8,15-16H2,1-2H3/b25-23-. The maximum atomic E-state index is 13.2. The van der Waals surface area contributed by atoms with E-state index in [2.05, 4.69) is 0 Å². The monoisotopic (exact) mass is 445 g/mol. The van der Waals surface area contributed by atoms with Crippen LogP contribution in [0.2, 0.25) is 0 Å². The van der Waals surface area contributed by atoms with Crippen LogP contribution in [0.4, 0.5) is 0 Å². The number of ether oxygens (including phenoxy) is 2. The van der Waals surface area contributed by atoms with E-state index in [0.29, 0.717) is 43.1 Å². The first-order valence-electron chi connectivity index (χ1n) is 11.0. The first-order chi connectivity index (χ1) is 16.1. The molecular formula is C27H27NO5. The molecule has 33 heavy (non-hydrogen) atoms. The molecule has 1 saturated heterocycles. The van der Waals surface area contributed by atoms with Crippen LogP contribution in [0.3, 0.4) is 0 Å². The van der Waals surface area contributed by atoms with Crippen LogP contribution in [0.1, 0.15) is 30.5 Å². The first-order valence-corrected chi connectivity index (χ1v) is 11.0. The average molecular weight is 446 g/mol. The number of amides is 1. The molecule has 0 radical (unpaired) electrons. The van der Waals surface area contributed by atoms with Crippen molar-refractivity contribution in [1.29, 1.82) is 0 Å². The van der Waals surface area contributed by atoms with Crippen molar-refractivity contribution in [2.45, 2.75) is 19.4 Å². The number of likely N-dealkylation sites (tertiary alicyclic amines) is 1. The summed E-state index contributed by atoms with van der Waals surface area (Å²) in [6, 6.07) is 19.8. The third kappa shape index (κ3) is 4.34. The maximum absolute atomic E-state index is 13.2. The molecule has 0 bridgehead atoms. The molecule has 0 spiro atoms. The molecule has 0 saturated carbocycles. The summed E-state index contributed by atoms with van der Waals surface area (Å²) in [5.74, 6) is -0.849.